The number of rotatable bonds is 9. The van der Waals surface area contributed by atoms with E-state index in [2.05, 4.69) is 164 Å². The zero-order chi connectivity index (χ0) is 34.0. The van der Waals surface area contributed by atoms with Crippen LogP contribution in [0.1, 0.15) is 56.2 Å². The molecule has 0 saturated heterocycles. The monoisotopic (exact) mass is 670 g/mol. The van der Waals surface area contributed by atoms with E-state index in [9.17, 15) is 0 Å². The number of benzene rings is 6. The third-order valence-corrected chi connectivity index (χ3v) is 15.2. The first-order valence-electron chi connectivity index (χ1n) is 17.6. The Morgan fingerprint density at radius 3 is 1.36 bits per heavy atom. The predicted molar refractivity (Wildman–Crippen MR) is 223 cm³/mol. The Morgan fingerprint density at radius 2 is 0.957 bits per heavy atom. The Bertz CT molecular complexity index is 2080. The third-order valence-electron chi connectivity index (χ3n) is 9.98. The van der Waals surface area contributed by atoms with Gasteiger partial charge in [0.05, 0.1) is 25.7 Å². The Balaban J connectivity index is 1.63. The van der Waals surface area contributed by atoms with Crippen molar-refractivity contribution in [3.63, 3.8) is 0 Å². The lowest BCUT2D eigenvalue weighted by Crippen LogP contribution is -2.45. The number of aryl methyl sites for hydroxylation is 1. The summed E-state index contributed by atoms with van der Waals surface area (Å²) in [4.78, 5) is 0. The Kier molecular flexibility index (Phi) is 8.73. The van der Waals surface area contributed by atoms with E-state index in [1.54, 1.807) is 0 Å². The largest absolute Gasteiger partial charge is 0.355 e. The molecule has 0 aliphatic carbocycles. The molecular weight excluding hydrogens is 617 g/mol. The molecule has 6 rings (SSSR count). The van der Waals surface area contributed by atoms with Crippen molar-refractivity contribution in [1.82, 2.24) is 0 Å². The third kappa shape index (κ3) is 6.42. The average molecular weight is 671 g/mol. The van der Waals surface area contributed by atoms with Gasteiger partial charge in [-0.15, -0.1) is 0 Å². The molecule has 47 heavy (non-hydrogen) atoms. The van der Waals surface area contributed by atoms with Crippen LogP contribution >= 0.6 is 0 Å². The summed E-state index contributed by atoms with van der Waals surface area (Å²) in [6, 6.07) is 28.8. The lowest BCUT2D eigenvalue weighted by Gasteiger charge is -2.26. The molecule has 0 saturated carbocycles. The summed E-state index contributed by atoms with van der Waals surface area (Å²) in [7, 11) is -3.28. The van der Waals surface area contributed by atoms with Crippen molar-refractivity contribution in [3.8, 4) is 0 Å². The molecule has 0 radical (unpaired) electrons. The lowest BCUT2D eigenvalue weighted by atomic mass is 9.84. The van der Waals surface area contributed by atoms with E-state index in [1.165, 1.54) is 87.3 Å². The summed E-state index contributed by atoms with van der Waals surface area (Å²) in [5.41, 5.74) is 8.98. The van der Waals surface area contributed by atoms with E-state index < -0.39 is 16.1 Å². The lowest BCUT2D eigenvalue weighted by molar-refractivity contribution is 0.876. The molecule has 0 aromatic heterocycles. The average Bonchev–Trinajstić information content (AvgIpc) is 2.99. The maximum atomic E-state index is 4.02. The van der Waals surface area contributed by atoms with Crippen LogP contribution in [-0.4, -0.2) is 25.7 Å². The molecule has 0 fully saturated rings. The van der Waals surface area contributed by atoms with E-state index in [1.807, 2.05) is 0 Å². The molecule has 6 aromatic carbocycles. The van der Waals surface area contributed by atoms with Crippen LogP contribution in [0.2, 0.25) is 45.8 Å². The van der Waals surface area contributed by atoms with Crippen LogP contribution < -0.4 is 26.2 Å². The fourth-order valence-electron chi connectivity index (χ4n) is 7.23. The molecule has 0 amide bonds. The molecule has 0 aliphatic rings. The minimum Gasteiger partial charge on any atom is -0.355 e. The first-order valence-corrected chi connectivity index (χ1v) is 26.8. The van der Waals surface area contributed by atoms with Gasteiger partial charge >= 0.3 is 0 Å². The van der Waals surface area contributed by atoms with Gasteiger partial charge < -0.3 is 10.6 Å². The minimum atomic E-state index is -1.52. The minimum absolute atomic E-state index is 0.248. The van der Waals surface area contributed by atoms with Gasteiger partial charge in [-0.25, -0.2) is 0 Å². The van der Waals surface area contributed by atoms with Gasteiger partial charge in [-0.05, 0) is 93.4 Å². The van der Waals surface area contributed by atoms with Crippen LogP contribution in [0.3, 0.4) is 0 Å². The fraction of sp³-hybridized carbons (Fsp3) is 0.333. The molecule has 0 spiro atoms. The quantitative estimate of drug-likeness (QED) is 0.118. The number of hydrogen-bond acceptors (Lipinski definition) is 2. The van der Waals surface area contributed by atoms with Crippen molar-refractivity contribution in [2.24, 2.45) is 0 Å². The summed E-state index contributed by atoms with van der Waals surface area (Å²) >= 11 is 0. The van der Waals surface area contributed by atoms with Gasteiger partial charge in [0.25, 0.3) is 0 Å². The van der Waals surface area contributed by atoms with E-state index in [0.29, 0.717) is 11.8 Å². The standard InChI is InChI=1S/C42H54N2Si3/c1-25(2)37-23-39(43-28-17-27(5)18-30(19-28)45-6)35-15-13-34-38(26(3)4)24-40(36-16-14-33(37)41(35)42(34)36)44-29-20-31(46(7,8)9)22-32(21-29)47(10,11)12/h13-26,43-44H,45H2,1-12H3. The maximum absolute atomic E-state index is 4.02. The molecule has 0 heterocycles. The van der Waals surface area contributed by atoms with Crippen molar-refractivity contribution in [3.05, 3.63) is 89.5 Å². The molecule has 244 valence electrons. The van der Waals surface area contributed by atoms with Gasteiger partial charge in [0.15, 0.2) is 0 Å². The second kappa shape index (κ2) is 12.2. The van der Waals surface area contributed by atoms with Gasteiger partial charge in [-0.3, -0.25) is 0 Å². The van der Waals surface area contributed by atoms with E-state index in [-0.39, 0.29) is 9.52 Å². The van der Waals surface area contributed by atoms with Crippen LogP contribution in [-0.2, 0) is 0 Å². The molecule has 0 aliphatic heterocycles. The Morgan fingerprint density at radius 1 is 0.532 bits per heavy atom. The zero-order valence-electron chi connectivity index (χ0n) is 30.8. The highest BCUT2D eigenvalue weighted by Gasteiger charge is 2.24. The first-order chi connectivity index (χ1) is 22.0. The van der Waals surface area contributed by atoms with Crippen molar-refractivity contribution in [1.29, 1.82) is 0 Å². The molecular formula is C42H54N2Si3. The van der Waals surface area contributed by atoms with Gasteiger partial charge in [0, 0.05) is 33.5 Å². The highest BCUT2D eigenvalue weighted by molar-refractivity contribution is 6.91. The Hall–Kier alpha value is -3.39. The molecule has 2 N–H and O–H groups in total. The van der Waals surface area contributed by atoms with Crippen molar-refractivity contribution >= 4 is 96.3 Å². The molecule has 0 bridgehead atoms. The molecule has 6 aromatic rings. The van der Waals surface area contributed by atoms with Crippen molar-refractivity contribution in [2.75, 3.05) is 10.6 Å². The van der Waals surface area contributed by atoms with Crippen molar-refractivity contribution in [2.45, 2.75) is 92.3 Å². The number of hydrogen-bond donors (Lipinski definition) is 2. The predicted octanol–water partition coefficient (Wildman–Crippen LogP) is 10.6. The molecule has 2 nitrogen and oxygen atoms in total. The smallest absolute Gasteiger partial charge is 0.0776 e. The summed E-state index contributed by atoms with van der Waals surface area (Å²) < 4.78 is 0. The molecule has 0 atom stereocenters. The Labute approximate surface area is 287 Å². The highest BCUT2D eigenvalue weighted by Crippen LogP contribution is 2.46. The van der Waals surface area contributed by atoms with Crippen LogP contribution in [0, 0.1) is 6.92 Å². The van der Waals surface area contributed by atoms with Gasteiger partial charge in [-0.2, -0.15) is 0 Å². The van der Waals surface area contributed by atoms with Gasteiger partial charge in [0.1, 0.15) is 0 Å². The molecule has 0 unspecified atom stereocenters. The van der Waals surface area contributed by atoms with Crippen molar-refractivity contribution < 1.29 is 0 Å². The topological polar surface area (TPSA) is 24.1 Å². The normalized spacial score (nSPS) is 13.0. The fourth-order valence-corrected chi connectivity index (χ4v) is 10.7. The summed E-state index contributed by atoms with van der Waals surface area (Å²) in [5, 5.41) is 20.6. The number of nitrogens with one attached hydrogen (secondary N) is 2. The zero-order valence-corrected chi connectivity index (χ0v) is 34.2. The van der Waals surface area contributed by atoms with E-state index in [4.69, 9.17) is 0 Å². The van der Waals surface area contributed by atoms with Crippen LogP contribution in [0.15, 0.2) is 72.8 Å². The van der Waals surface area contributed by atoms with E-state index >= 15 is 0 Å². The molecule has 5 heteroatoms. The second-order valence-corrected chi connectivity index (χ2v) is 28.2. The highest BCUT2D eigenvalue weighted by atomic mass is 28.3. The summed E-state index contributed by atoms with van der Waals surface area (Å²) in [6.45, 7) is 28.7. The maximum Gasteiger partial charge on any atom is 0.0776 e. The van der Waals surface area contributed by atoms with E-state index in [0.717, 1.165) is 0 Å². The van der Waals surface area contributed by atoms with Crippen LogP contribution in [0.4, 0.5) is 22.7 Å². The second-order valence-electron chi connectivity index (χ2n) is 16.5. The van der Waals surface area contributed by atoms with Gasteiger partial charge in [-0.1, -0.05) is 125 Å². The van der Waals surface area contributed by atoms with Crippen LogP contribution in [0.25, 0.3) is 32.3 Å². The van der Waals surface area contributed by atoms with Crippen LogP contribution in [0.5, 0.6) is 0 Å². The first kappa shape index (κ1) is 33.5. The SMILES string of the molecule is C[SiH2]c1cc(C)cc(Nc2cc(C(C)C)c3ccc4c(Nc5cc([Si](C)(C)C)cc([Si](C)(C)C)c5)cc(C(C)C)c5ccc2c3c45)c1. The summed E-state index contributed by atoms with van der Waals surface area (Å²) in [5.74, 6) is 0.805. The number of anilines is 4. The van der Waals surface area contributed by atoms with Gasteiger partial charge in [0.2, 0.25) is 0 Å². The summed E-state index contributed by atoms with van der Waals surface area (Å²) in [6.07, 6.45) is 0.